The Labute approximate surface area is 156 Å². The summed E-state index contributed by atoms with van der Waals surface area (Å²) in [6.45, 7) is 0. The van der Waals surface area contributed by atoms with Crippen LogP contribution < -0.4 is 4.57 Å². The maximum Gasteiger partial charge on any atom is 0.190 e. The lowest BCUT2D eigenvalue weighted by Crippen LogP contribution is -2.59. The molecule has 1 aromatic carbocycles. The van der Waals surface area contributed by atoms with Crippen molar-refractivity contribution in [2.24, 2.45) is 0 Å². The lowest BCUT2D eigenvalue weighted by Gasteiger charge is -2.48. The average molecular weight is 356 g/mol. The van der Waals surface area contributed by atoms with E-state index in [0.717, 1.165) is 17.5 Å². The molecule has 0 amide bonds. The van der Waals surface area contributed by atoms with Crippen LogP contribution in [0.15, 0.2) is 88.6 Å². The van der Waals surface area contributed by atoms with E-state index >= 15 is 0 Å². The molecular weight excluding hydrogens is 338 g/mol. The predicted octanol–water partition coefficient (Wildman–Crippen LogP) is 4.29. The van der Waals surface area contributed by atoms with Gasteiger partial charge >= 0.3 is 0 Å². The zero-order valence-corrected chi connectivity index (χ0v) is 14.6. The second kappa shape index (κ2) is 5.13. The summed E-state index contributed by atoms with van der Waals surface area (Å²) in [7, 11) is 0. The number of aromatic hydroxyl groups is 1. The monoisotopic (exact) mass is 356 g/mol. The smallest absolute Gasteiger partial charge is 0.190 e. The molecule has 5 heterocycles. The molecule has 0 unspecified atom stereocenters. The normalized spacial score (nSPS) is 21.6. The highest BCUT2D eigenvalue weighted by Gasteiger charge is 2.60. The fraction of sp³-hybridized carbons (Fsp3) is 0.174. The molecule has 4 nitrogen and oxygen atoms in total. The molecule has 0 saturated heterocycles. The molecule has 3 aliphatic rings. The summed E-state index contributed by atoms with van der Waals surface area (Å²) >= 11 is 0. The van der Waals surface area contributed by atoms with E-state index in [1.807, 2.05) is 18.6 Å². The fourth-order valence-corrected chi connectivity index (χ4v) is 5.34. The van der Waals surface area contributed by atoms with Crippen LogP contribution >= 0.6 is 0 Å². The number of furan rings is 2. The second-order valence-corrected chi connectivity index (χ2v) is 7.49. The predicted molar refractivity (Wildman–Crippen MR) is 97.5 cm³/mol. The minimum absolute atomic E-state index is 0.0565. The van der Waals surface area contributed by atoms with Gasteiger partial charge in [0.25, 0.3) is 0 Å². The SMILES string of the molecule is Oc1ccc2c(c1)[C@@H]1c3cccc[n+]3[C@H]2CC1(c1ccoc1)c1ccoc1. The zero-order valence-electron chi connectivity index (χ0n) is 14.6. The molecule has 2 aliphatic heterocycles. The van der Waals surface area contributed by atoms with Crippen LogP contribution in [-0.4, -0.2) is 5.11 Å². The highest BCUT2D eigenvalue weighted by Crippen LogP contribution is 2.59. The second-order valence-electron chi connectivity index (χ2n) is 7.49. The van der Waals surface area contributed by atoms with Gasteiger partial charge in [-0.1, -0.05) is 6.07 Å². The largest absolute Gasteiger partial charge is 0.508 e. The highest BCUT2D eigenvalue weighted by atomic mass is 16.3. The Balaban J connectivity index is 1.73. The minimum Gasteiger partial charge on any atom is -0.508 e. The van der Waals surface area contributed by atoms with Gasteiger partial charge in [-0.2, -0.15) is 4.57 Å². The number of pyridine rings is 1. The molecule has 1 aliphatic carbocycles. The van der Waals surface area contributed by atoms with Gasteiger partial charge in [0.1, 0.15) is 5.75 Å². The molecule has 132 valence electrons. The molecule has 3 aromatic heterocycles. The fourth-order valence-electron chi connectivity index (χ4n) is 5.34. The summed E-state index contributed by atoms with van der Waals surface area (Å²) in [5.74, 6) is 0.359. The molecule has 7 rings (SSSR count). The third-order valence-electron chi connectivity index (χ3n) is 6.38. The highest BCUT2D eigenvalue weighted by molar-refractivity contribution is 5.55. The first-order chi connectivity index (χ1) is 13.3. The van der Waals surface area contributed by atoms with Gasteiger partial charge in [0, 0.05) is 35.2 Å². The van der Waals surface area contributed by atoms with Gasteiger partial charge in [0.05, 0.1) is 36.4 Å². The number of fused-ring (bicyclic) bond motifs is 1. The summed E-state index contributed by atoms with van der Waals surface area (Å²) in [5.41, 5.74) is 5.69. The number of aromatic nitrogens is 1. The zero-order chi connectivity index (χ0) is 18.0. The van der Waals surface area contributed by atoms with E-state index in [9.17, 15) is 5.11 Å². The van der Waals surface area contributed by atoms with Crippen molar-refractivity contribution in [3.63, 3.8) is 0 Å². The third-order valence-corrected chi connectivity index (χ3v) is 6.38. The topological polar surface area (TPSA) is 50.4 Å². The van der Waals surface area contributed by atoms with Gasteiger partial charge < -0.3 is 13.9 Å². The quantitative estimate of drug-likeness (QED) is 0.545. The van der Waals surface area contributed by atoms with E-state index in [0.29, 0.717) is 5.75 Å². The number of nitrogens with zero attached hydrogens (tertiary/aromatic N) is 1. The van der Waals surface area contributed by atoms with Crippen LogP contribution in [0.3, 0.4) is 0 Å². The van der Waals surface area contributed by atoms with Gasteiger partial charge in [0.15, 0.2) is 17.9 Å². The van der Waals surface area contributed by atoms with Crippen LogP contribution in [0.4, 0.5) is 0 Å². The Morgan fingerprint density at radius 2 is 1.70 bits per heavy atom. The maximum atomic E-state index is 10.3. The van der Waals surface area contributed by atoms with Crippen LogP contribution in [0.5, 0.6) is 5.75 Å². The Morgan fingerprint density at radius 3 is 2.41 bits per heavy atom. The first-order valence-electron chi connectivity index (χ1n) is 9.17. The Morgan fingerprint density at radius 1 is 0.926 bits per heavy atom. The third kappa shape index (κ3) is 1.80. The molecule has 0 spiro atoms. The summed E-state index contributed by atoms with van der Waals surface area (Å²) < 4.78 is 13.4. The number of phenolic OH excluding ortho intramolecular Hbond substituents is 1. The Hall–Kier alpha value is -3.27. The summed E-state index contributed by atoms with van der Waals surface area (Å²) in [4.78, 5) is 0. The van der Waals surface area contributed by atoms with Crippen molar-refractivity contribution in [3.05, 3.63) is 108 Å². The first-order valence-corrected chi connectivity index (χ1v) is 9.17. The van der Waals surface area contributed by atoms with E-state index in [4.69, 9.17) is 8.83 Å². The minimum atomic E-state index is -0.299. The average Bonchev–Trinajstić information content (AvgIpc) is 3.42. The molecule has 1 N–H and O–H groups in total. The molecule has 0 fully saturated rings. The van der Waals surface area contributed by atoms with Crippen molar-refractivity contribution in [2.45, 2.75) is 23.8 Å². The summed E-state index contributed by atoms with van der Waals surface area (Å²) in [6.07, 6.45) is 10.3. The van der Waals surface area contributed by atoms with Gasteiger partial charge in [0.2, 0.25) is 0 Å². The van der Waals surface area contributed by atoms with Gasteiger partial charge in [-0.05, 0) is 35.9 Å². The lowest BCUT2D eigenvalue weighted by atomic mass is 9.54. The summed E-state index contributed by atoms with van der Waals surface area (Å²) in [6, 6.07) is 16.5. The number of hydrogen-bond acceptors (Lipinski definition) is 3. The molecule has 0 radical (unpaired) electrons. The molecule has 2 bridgehead atoms. The van der Waals surface area contributed by atoms with Crippen LogP contribution in [0, 0.1) is 0 Å². The summed E-state index contributed by atoms with van der Waals surface area (Å²) in [5, 5.41) is 10.3. The van der Waals surface area contributed by atoms with E-state index in [2.05, 4.69) is 47.2 Å². The van der Waals surface area contributed by atoms with Crippen molar-refractivity contribution in [1.29, 1.82) is 0 Å². The van der Waals surface area contributed by atoms with E-state index in [-0.39, 0.29) is 17.4 Å². The molecule has 27 heavy (non-hydrogen) atoms. The maximum absolute atomic E-state index is 10.3. The number of benzene rings is 1. The van der Waals surface area contributed by atoms with Crippen LogP contribution in [0.1, 0.15) is 46.3 Å². The lowest BCUT2D eigenvalue weighted by molar-refractivity contribution is -0.732. The van der Waals surface area contributed by atoms with E-state index in [1.54, 1.807) is 18.6 Å². The van der Waals surface area contributed by atoms with E-state index in [1.165, 1.54) is 16.8 Å². The first kappa shape index (κ1) is 14.9. The molecule has 4 heteroatoms. The number of phenols is 1. The van der Waals surface area contributed by atoms with Crippen LogP contribution in [-0.2, 0) is 5.41 Å². The van der Waals surface area contributed by atoms with Gasteiger partial charge in [-0.15, -0.1) is 0 Å². The molecule has 2 atom stereocenters. The Bertz CT molecular complexity index is 1090. The van der Waals surface area contributed by atoms with Crippen molar-refractivity contribution < 1.29 is 18.5 Å². The van der Waals surface area contributed by atoms with Crippen molar-refractivity contribution >= 4 is 0 Å². The van der Waals surface area contributed by atoms with Crippen LogP contribution in [0.2, 0.25) is 0 Å². The standard InChI is InChI=1S/C23H17NO3/c25-17-4-5-18-19(11-17)22-20-3-1-2-8-24(20)21(18)12-23(22,15-6-9-26-13-15)16-7-10-27-14-16/h1-11,13-14,21-22H,12H2/p+1/t21-,22+/m0/s1. The van der Waals surface area contributed by atoms with E-state index < -0.39 is 0 Å². The van der Waals surface area contributed by atoms with Gasteiger partial charge in [-0.25, -0.2) is 0 Å². The number of rotatable bonds is 2. The number of hydrogen-bond donors (Lipinski definition) is 1. The molecule has 0 saturated carbocycles. The van der Waals surface area contributed by atoms with Crippen LogP contribution in [0.25, 0.3) is 0 Å². The Kier molecular flexibility index (Phi) is 2.82. The molecular formula is C23H18NO3+. The molecule has 4 aromatic rings. The van der Waals surface area contributed by atoms with Crippen molar-refractivity contribution in [2.75, 3.05) is 0 Å². The van der Waals surface area contributed by atoms with Gasteiger partial charge in [-0.3, -0.25) is 0 Å². The van der Waals surface area contributed by atoms with Crippen molar-refractivity contribution in [3.8, 4) is 5.75 Å². The van der Waals surface area contributed by atoms with Crippen molar-refractivity contribution in [1.82, 2.24) is 0 Å².